The average Bonchev–Trinajstić information content (AvgIpc) is 3.15. The highest BCUT2D eigenvalue weighted by Crippen LogP contribution is 2.31. The number of nitrogens with zero attached hydrogens (tertiary/aromatic N) is 2. The molecule has 6 heteroatoms. The van der Waals surface area contributed by atoms with Crippen molar-refractivity contribution in [2.45, 2.75) is 26.4 Å². The molecule has 2 aromatic rings. The van der Waals surface area contributed by atoms with E-state index in [1.165, 1.54) is 17.1 Å². The lowest BCUT2D eigenvalue weighted by molar-refractivity contribution is -0.114. The molecule has 1 N–H and O–H groups in total. The van der Waals surface area contributed by atoms with Crippen LogP contribution in [0.5, 0.6) is 5.75 Å². The number of fused-ring (bicyclic) bond motifs is 1. The van der Waals surface area contributed by atoms with E-state index in [-0.39, 0.29) is 17.6 Å². The number of carbonyl (C=O) groups is 2. The van der Waals surface area contributed by atoms with Crippen LogP contribution in [0.2, 0.25) is 0 Å². The highest BCUT2D eigenvalue weighted by Gasteiger charge is 2.29. The summed E-state index contributed by atoms with van der Waals surface area (Å²) in [6.45, 7) is 3.82. The topological polar surface area (TPSA) is 79.2 Å². The van der Waals surface area contributed by atoms with Crippen molar-refractivity contribution in [3.63, 3.8) is 0 Å². The fourth-order valence-electron chi connectivity index (χ4n) is 3.30. The zero-order valence-corrected chi connectivity index (χ0v) is 15.0. The van der Waals surface area contributed by atoms with Crippen molar-refractivity contribution in [2.24, 2.45) is 5.10 Å². The first-order valence-electron chi connectivity index (χ1n) is 8.67. The summed E-state index contributed by atoms with van der Waals surface area (Å²) in [6.07, 6.45) is 2.86. The molecule has 4 rings (SSSR count). The summed E-state index contributed by atoms with van der Waals surface area (Å²) >= 11 is 0. The third kappa shape index (κ3) is 3.10. The van der Waals surface area contributed by atoms with Crippen LogP contribution in [0.4, 0.5) is 5.69 Å². The van der Waals surface area contributed by atoms with Gasteiger partial charge in [-0.05, 0) is 67.4 Å². The first-order chi connectivity index (χ1) is 12.9. The molecular formula is C21H18N2O4. The minimum atomic E-state index is -1.01. The van der Waals surface area contributed by atoms with E-state index in [2.05, 4.69) is 5.10 Å². The summed E-state index contributed by atoms with van der Waals surface area (Å²) < 4.78 is 5.71. The van der Waals surface area contributed by atoms with E-state index < -0.39 is 5.97 Å². The summed E-state index contributed by atoms with van der Waals surface area (Å²) in [5.41, 5.74) is 3.89. The first kappa shape index (κ1) is 17.0. The van der Waals surface area contributed by atoms with Crippen LogP contribution in [0.15, 0.2) is 53.1 Å². The monoisotopic (exact) mass is 362 g/mol. The molecule has 2 aromatic carbocycles. The van der Waals surface area contributed by atoms with Crippen molar-refractivity contribution < 1.29 is 19.4 Å². The molecule has 136 valence electrons. The molecule has 0 radical (unpaired) electrons. The maximum Gasteiger partial charge on any atom is 0.335 e. The molecule has 2 aliphatic rings. The molecule has 0 saturated heterocycles. The number of amides is 1. The lowest BCUT2D eigenvalue weighted by atomic mass is 10.0. The molecule has 0 aliphatic carbocycles. The Morgan fingerprint density at radius 3 is 2.70 bits per heavy atom. The van der Waals surface area contributed by atoms with E-state index in [0.29, 0.717) is 17.0 Å². The highest BCUT2D eigenvalue weighted by atomic mass is 16.5. The number of ether oxygens (including phenoxy) is 1. The summed E-state index contributed by atoms with van der Waals surface area (Å²) in [5, 5.41) is 14.6. The van der Waals surface area contributed by atoms with Crippen LogP contribution in [-0.2, 0) is 11.2 Å². The highest BCUT2D eigenvalue weighted by molar-refractivity contribution is 6.32. The van der Waals surface area contributed by atoms with E-state index in [0.717, 1.165) is 23.3 Å². The van der Waals surface area contributed by atoms with Crippen molar-refractivity contribution in [3.05, 3.63) is 64.7 Å². The Balaban J connectivity index is 1.61. The Hall–Kier alpha value is -3.41. The van der Waals surface area contributed by atoms with Gasteiger partial charge in [-0.1, -0.05) is 6.07 Å². The molecule has 0 aromatic heterocycles. The third-order valence-electron chi connectivity index (χ3n) is 4.65. The number of carboxylic acids is 1. The Bertz CT molecular complexity index is 1010. The molecular weight excluding hydrogens is 344 g/mol. The van der Waals surface area contributed by atoms with Crippen LogP contribution in [-0.4, -0.2) is 28.8 Å². The maximum atomic E-state index is 12.8. The SMILES string of the molecule is CC1=NN(c2ccc(C(=O)O)cc2)C(=O)/C1=C\c1ccc2c(c1)C[C@@H](C)O2. The number of anilines is 1. The number of hydrogen-bond acceptors (Lipinski definition) is 4. The van der Waals surface area contributed by atoms with E-state index in [1.54, 1.807) is 19.1 Å². The minimum absolute atomic E-state index is 0.163. The van der Waals surface area contributed by atoms with Crippen molar-refractivity contribution in [2.75, 3.05) is 5.01 Å². The second-order valence-electron chi connectivity index (χ2n) is 6.71. The molecule has 2 aliphatic heterocycles. The van der Waals surface area contributed by atoms with Crippen LogP contribution >= 0.6 is 0 Å². The number of hydrazone groups is 1. The van der Waals surface area contributed by atoms with Gasteiger partial charge in [-0.15, -0.1) is 0 Å². The zero-order chi connectivity index (χ0) is 19.1. The Morgan fingerprint density at radius 1 is 1.26 bits per heavy atom. The van der Waals surface area contributed by atoms with Crippen LogP contribution in [0.3, 0.4) is 0 Å². The van der Waals surface area contributed by atoms with E-state index >= 15 is 0 Å². The van der Waals surface area contributed by atoms with Gasteiger partial charge in [-0.3, -0.25) is 4.79 Å². The standard InChI is InChI=1S/C21H18N2O4/c1-12-9-16-10-14(3-8-19(16)27-12)11-18-13(2)22-23(20(18)24)17-6-4-15(5-7-17)21(25)26/h3-8,10-12H,9H2,1-2H3,(H,25,26)/b18-11-/t12-/m1/s1. The maximum absolute atomic E-state index is 12.8. The summed E-state index contributed by atoms with van der Waals surface area (Å²) in [4.78, 5) is 23.8. The lowest BCUT2D eigenvalue weighted by Gasteiger charge is -2.11. The molecule has 1 amide bonds. The minimum Gasteiger partial charge on any atom is -0.490 e. The van der Waals surface area contributed by atoms with Crippen LogP contribution in [0, 0.1) is 0 Å². The van der Waals surface area contributed by atoms with Gasteiger partial charge in [0.1, 0.15) is 11.9 Å². The number of hydrogen-bond donors (Lipinski definition) is 1. The lowest BCUT2D eigenvalue weighted by Crippen LogP contribution is -2.21. The van der Waals surface area contributed by atoms with Gasteiger partial charge in [0.2, 0.25) is 0 Å². The molecule has 0 fully saturated rings. The quantitative estimate of drug-likeness (QED) is 0.848. The van der Waals surface area contributed by atoms with Crippen molar-refractivity contribution in [1.29, 1.82) is 0 Å². The summed E-state index contributed by atoms with van der Waals surface area (Å²) in [5.74, 6) is -0.349. The molecule has 6 nitrogen and oxygen atoms in total. The predicted molar refractivity (Wildman–Crippen MR) is 102 cm³/mol. The van der Waals surface area contributed by atoms with Gasteiger partial charge in [-0.25, -0.2) is 4.79 Å². The third-order valence-corrected chi connectivity index (χ3v) is 4.65. The largest absolute Gasteiger partial charge is 0.490 e. The Labute approximate surface area is 156 Å². The fraction of sp³-hybridized carbons (Fsp3) is 0.190. The molecule has 0 spiro atoms. The molecule has 27 heavy (non-hydrogen) atoms. The number of benzene rings is 2. The summed E-state index contributed by atoms with van der Waals surface area (Å²) in [7, 11) is 0. The van der Waals surface area contributed by atoms with Gasteiger partial charge >= 0.3 is 5.97 Å². The molecule has 0 bridgehead atoms. The fourth-order valence-corrected chi connectivity index (χ4v) is 3.30. The number of aromatic carboxylic acids is 1. The summed E-state index contributed by atoms with van der Waals surface area (Å²) in [6, 6.07) is 12.0. The number of carbonyl (C=O) groups excluding carboxylic acids is 1. The van der Waals surface area contributed by atoms with Gasteiger partial charge in [0, 0.05) is 6.42 Å². The number of carboxylic acid groups (broad SMARTS) is 1. The average molecular weight is 362 g/mol. The van der Waals surface area contributed by atoms with Gasteiger partial charge in [-0.2, -0.15) is 10.1 Å². The second-order valence-corrected chi connectivity index (χ2v) is 6.71. The van der Waals surface area contributed by atoms with Crippen LogP contribution < -0.4 is 9.75 Å². The van der Waals surface area contributed by atoms with E-state index in [4.69, 9.17) is 9.84 Å². The first-order valence-corrected chi connectivity index (χ1v) is 8.67. The van der Waals surface area contributed by atoms with E-state index in [1.807, 2.05) is 31.2 Å². The van der Waals surface area contributed by atoms with Crippen molar-refractivity contribution in [3.8, 4) is 5.75 Å². The number of rotatable bonds is 3. The zero-order valence-electron chi connectivity index (χ0n) is 15.0. The Morgan fingerprint density at radius 2 is 2.00 bits per heavy atom. The Kier molecular flexibility index (Phi) is 4.03. The van der Waals surface area contributed by atoms with Crippen LogP contribution in [0.25, 0.3) is 6.08 Å². The smallest absolute Gasteiger partial charge is 0.335 e. The van der Waals surface area contributed by atoms with Crippen molar-refractivity contribution in [1.82, 2.24) is 0 Å². The van der Waals surface area contributed by atoms with Gasteiger partial charge in [0.05, 0.1) is 22.5 Å². The second kappa shape index (κ2) is 6.39. The van der Waals surface area contributed by atoms with E-state index in [9.17, 15) is 9.59 Å². The molecule has 0 saturated carbocycles. The van der Waals surface area contributed by atoms with Crippen molar-refractivity contribution >= 4 is 29.4 Å². The van der Waals surface area contributed by atoms with Gasteiger partial charge in [0.25, 0.3) is 5.91 Å². The normalized spacial score (nSPS) is 19.9. The predicted octanol–water partition coefficient (Wildman–Crippen LogP) is 3.51. The molecule has 0 unspecified atom stereocenters. The van der Waals surface area contributed by atoms with Crippen LogP contribution in [0.1, 0.15) is 35.3 Å². The van der Waals surface area contributed by atoms with Gasteiger partial charge < -0.3 is 9.84 Å². The van der Waals surface area contributed by atoms with Gasteiger partial charge in [0.15, 0.2) is 0 Å². The molecule has 2 heterocycles. The molecule has 1 atom stereocenters.